The van der Waals surface area contributed by atoms with Gasteiger partial charge in [-0.2, -0.15) is 16.7 Å². The number of carbonyl (C=O) groups excluding carboxylic acids is 1. The minimum atomic E-state index is -0.556. The summed E-state index contributed by atoms with van der Waals surface area (Å²) >= 11 is 1.61. The van der Waals surface area contributed by atoms with E-state index in [4.69, 9.17) is 10.3 Å². The molecule has 0 fully saturated rings. The van der Waals surface area contributed by atoms with Crippen LogP contribution in [0.3, 0.4) is 0 Å². The largest absolute Gasteiger partial charge is 0.468 e. The predicted octanol–water partition coefficient (Wildman–Crippen LogP) is 1.32. The average molecular weight is 273 g/mol. The van der Waals surface area contributed by atoms with Crippen molar-refractivity contribution in [1.82, 2.24) is 10.1 Å². The fourth-order valence-corrected chi connectivity index (χ4v) is 2.07. The quantitative estimate of drug-likeness (QED) is 0.591. The first-order valence-electron chi connectivity index (χ1n) is 5.78. The average Bonchev–Trinajstić information content (AvgIpc) is 2.82. The first kappa shape index (κ1) is 15.0. The molecular formula is C11H19N3O3S. The summed E-state index contributed by atoms with van der Waals surface area (Å²) < 4.78 is 9.63. The Hall–Kier alpha value is -1.08. The Morgan fingerprint density at radius 3 is 2.83 bits per heavy atom. The van der Waals surface area contributed by atoms with E-state index in [0.717, 1.165) is 5.75 Å². The van der Waals surface area contributed by atoms with Gasteiger partial charge in [-0.1, -0.05) is 19.0 Å². The lowest BCUT2D eigenvalue weighted by atomic mass is 10.2. The van der Waals surface area contributed by atoms with Gasteiger partial charge in [0.2, 0.25) is 5.89 Å². The van der Waals surface area contributed by atoms with Crippen LogP contribution in [-0.4, -0.2) is 35.0 Å². The maximum Gasteiger partial charge on any atom is 0.322 e. The Bertz CT molecular complexity index is 381. The number of aromatic nitrogens is 2. The van der Waals surface area contributed by atoms with Crippen LogP contribution in [0.15, 0.2) is 4.52 Å². The molecule has 1 atom stereocenters. The Balaban J connectivity index is 2.23. The van der Waals surface area contributed by atoms with Crippen LogP contribution in [0.2, 0.25) is 0 Å². The summed E-state index contributed by atoms with van der Waals surface area (Å²) in [6.07, 6.45) is 0.576. The van der Waals surface area contributed by atoms with Crippen LogP contribution in [0.1, 0.15) is 37.9 Å². The van der Waals surface area contributed by atoms with Crippen molar-refractivity contribution in [3.05, 3.63) is 11.7 Å². The molecule has 1 aromatic rings. The van der Waals surface area contributed by atoms with Gasteiger partial charge in [0.05, 0.1) is 12.9 Å². The van der Waals surface area contributed by atoms with Crippen LogP contribution >= 0.6 is 11.8 Å². The molecular weight excluding hydrogens is 254 g/mol. The van der Waals surface area contributed by atoms with Crippen molar-refractivity contribution in [3.63, 3.8) is 0 Å². The number of nitrogens with two attached hydrogens (primary N) is 1. The highest BCUT2D eigenvalue weighted by molar-refractivity contribution is 7.98. The van der Waals surface area contributed by atoms with Gasteiger partial charge in [-0.05, 0) is 12.2 Å². The third-order valence-electron chi connectivity index (χ3n) is 2.29. The van der Waals surface area contributed by atoms with Crippen molar-refractivity contribution in [2.24, 2.45) is 5.73 Å². The van der Waals surface area contributed by atoms with E-state index >= 15 is 0 Å². The second-order valence-corrected chi connectivity index (χ2v) is 5.28. The van der Waals surface area contributed by atoms with Gasteiger partial charge in [-0.3, -0.25) is 4.79 Å². The Morgan fingerprint density at radius 1 is 1.56 bits per heavy atom. The van der Waals surface area contributed by atoms with E-state index in [1.165, 1.54) is 7.11 Å². The number of ether oxygens (including phenoxy) is 1. The van der Waals surface area contributed by atoms with E-state index < -0.39 is 6.04 Å². The maximum absolute atomic E-state index is 11.1. The van der Waals surface area contributed by atoms with E-state index in [1.54, 1.807) is 11.8 Å². The second-order valence-electron chi connectivity index (χ2n) is 4.17. The first-order valence-corrected chi connectivity index (χ1v) is 6.93. The lowest BCUT2D eigenvalue weighted by Crippen LogP contribution is -2.31. The smallest absolute Gasteiger partial charge is 0.322 e. The topological polar surface area (TPSA) is 91.2 Å². The number of thioether (sulfide) groups is 1. The standard InChI is InChI=1S/C11H19N3O3S/c1-7(2)10-13-9(14-17-10)6-18-5-4-8(12)11(15)16-3/h7-8H,4-6,12H2,1-3H3. The normalized spacial score (nSPS) is 12.7. The lowest BCUT2D eigenvalue weighted by molar-refractivity contribution is -0.142. The monoisotopic (exact) mass is 273 g/mol. The van der Waals surface area contributed by atoms with Crippen LogP contribution in [0, 0.1) is 0 Å². The van der Waals surface area contributed by atoms with Crippen molar-refractivity contribution in [2.75, 3.05) is 12.9 Å². The molecule has 6 nitrogen and oxygen atoms in total. The predicted molar refractivity (Wildman–Crippen MR) is 69.2 cm³/mol. The molecule has 0 aromatic carbocycles. The van der Waals surface area contributed by atoms with Crippen LogP contribution in [0.4, 0.5) is 0 Å². The number of methoxy groups -OCH3 is 1. The minimum Gasteiger partial charge on any atom is -0.468 e. The maximum atomic E-state index is 11.1. The van der Waals surface area contributed by atoms with Gasteiger partial charge >= 0.3 is 5.97 Å². The zero-order chi connectivity index (χ0) is 13.5. The zero-order valence-corrected chi connectivity index (χ0v) is 11.7. The molecule has 18 heavy (non-hydrogen) atoms. The van der Waals surface area contributed by atoms with Gasteiger partial charge in [-0.15, -0.1) is 0 Å². The number of rotatable bonds is 7. The van der Waals surface area contributed by atoms with Crippen LogP contribution in [0.5, 0.6) is 0 Å². The van der Waals surface area contributed by atoms with E-state index in [2.05, 4.69) is 14.9 Å². The zero-order valence-electron chi connectivity index (χ0n) is 10.9. The molecule has 0 saturated heterocycles. The van der Waals surface area contributed by atoms with Gasteiger partial charge < -0.3 is 15.0 Å². The number of hydrogen-bond donors (Lipinski definition) is 1. The van der Waals surface area contributed by atoms with E-state index in [-0.39, 0.29) is 11.9 Å². The van der Waals surface area contributed by atoms with Crippen molar-refractivity contribution < 1.29 is 14.1 Å². The molecule has 0 aliphatic carbocycles. The van der Waals surface area contributed by atoms with Crippen LogP contribution in [0.25, 0.3) is 0 Å². The Morgan fingerprint density at radius 2 is 2.28 bits per heavy atom. The van der Waals surface area contributed by atoms with Crippen molar-refractivity contribution in [3.8, 4) is 0 Å². The molecule has 1 heterocycles. The fourth-order valence-electron chi connectivity index (χ4n) is 1.20. The molecule has 0 radical (unpaired) electrons. The summed E-state index contributed by atoms with van der Waals surface area (Å²) in [5, 5.41) is 3.88. The summed E-state index contributed by atoms with van der Waals surface area (Å²) in [5.41, 5.74) is 5.61. The SMILES string of the molecule is COC(=O)C(N)CCSCc1noc(C(C)C)n1. The van der Waals surface area contributed by atoms with Gasteiger partial charge in [0.15, 0.2) is 5.82 Å². The fraction of sp³-hybridized carbons (Fsp3) is 0.727. The van der Waals surface area contributed by atoms with Gasteiger partial charge in [-0.25, -0.2) is 0 Å². The Labute approximate surface area is 111 Å². The summed E-state index contributed by atoms with van der Waals surface area (Å²) in [5.74, 6) is 2.60. The van der Waals surface area contributed by atoms with Crippen molar-refractivity contribution in [1.29, 1.82) is 0 Å². The summed E-state index contributed by atoms with van der Waals surface area (Å²) in [7, 11) is 1.34. The van der Waals surface area contributed by atoms with Gasteiger partial charge in [0.1, 0.15) is 6.04 Å². The highest BCUT2D eigenvalue weighted by Gasteiger charge is 2.13. The van der Waals surface area contributed by atoms with E-state index in [9.17, 15) is 4.79 Å². The molecule has 7 heteroatoms. The molecule has 0 bridgehead atoms. The summed E-state index contributed by atoms with van der Waals surface area (Å²) in [4.78, 5) is 15.3. The molecule has 1 rings (SSSR count). The molecule has 0 amide bonds. The highest BCUT2D eigenvalue weighted by Crippen LogP contribution is 2.15. The molecule has 2 N–H and O–H groups in total. The molecule has 102 valence electrons. The highest BCUT2D eigenvalue weighted by atomic mass is 32.2. The summed E-state index contributed by atoms with van der Waals surface area (Å²) in [6, 6.07) is -0.556. The number of hydrogen-bond acceptors (Lipinski definition) is 7. The van der Waals surface area contributed by atoms with E-state index in [1.807, 2.05) is 13.8 Å². The van der Waals surface area contributed by atoms with Crippen LogP contribution < -0.4 is 5.73 Å². The molecule has 0 aliphatic rings. The molecule has 0 aliphatic heterocycles. The lowest BCUT2D eigenvalue weighted by Gasteiger charge is -2.07. The minimum absolute atomic E-state index is 0.240. The third kappa shape index (κ3) is 4.66. The van der Waals surface area contributed by atoms with Crippen molar-refractivity contribution >= 4 is 17.7 Å². The molecule has 1 unspecified atom stereocenters. The van der Waals surface area contributed by atoms with E-state index in [0.29, 0.717) is 23.9 Å². The third-order valence-corrected chi connectivity index (χ3v) is 3.27. The summed E-state index contributed by atoms with van der Waals surface area (Å²) in [6.45, 7) is 4.00. The Kier molecular flexibility index (Phi) is 6.14. The van der Waals surface area contributed by atoms with Crippen molar-refractivity contribution in [2.45, 2.75) is 38.0 Å². The number of nitrogens with zero attached hydrogens (tertiary/aromatic N) is 2. The molecule has 0 spiro atoms. The molecule has 0 saturated carbocycles. The number of carbonyl (C=O) groups is 1. The first-order chi connectivity index (χ1) is 8.54. The van der Waals surface area contributed by atoms with Gasteiger partial charge in [0.25, 0.3) is 0 Å². The van der Waals surface area contributed by atoms with Crippen LogP contribution in [-0.2, 0) is 15.3 Å². The second kappa shape index (κ2) is 7.38. The van der Waals surface area contributed by atoms with Gasteiger partial charge in [0, 0.05) is 5.92 Å². The molecule has 1 aromatic heterocycles. The number of esters is 1.